The molecule has 0 radical (unpaired) electrons. The Morgan fingerprint density at radius 2 is 2.00 bits per heavy atom. The smallest absolute Gasteiger partial charge is 0.232 e. The largest absolute Gasteiger partial charge is 0.350 e. The maximum absolute atomic E-state index is 15.0. The molecule has 5 aliphatic heterocycles. The number of alkyl halides is 1. The van der Waals surface area contributed by atoms with Crippen LogP contribution >= 0.6 is 0 Å². The van der Waals surface area contributed by atoms with E-state index in [-0.39, 0.29) is 47.2 Å². The average Bonchev–Trinajstić information content (AvgIpc) is 3.20. The van der Waals surface area contributed by atoms with Crippen molar-refractivity contribution in [2.24, 2.45) is 34.6 Å². The Balaban J connectivity index is 1.25. The number of carbonyl (C=O) groups is 2. The molecule has 0 aliphatic carbocycles. The minimum atomic E-state index is -1.05. The van der Waals surface area contributed by atoms with Crippen LogP contribution in [0, 0.1) is 34.5 Å². The maximum atomic E-state index is 15.0. The molecule has 0 aromatic rings. The topological polar surface area (TPSA) is 141 Å². The molecule has 4 saturated heterocycles. The number of nitrogens with two attached hydrogens (primary N) is 2. The van der Waals surface area contributed by atoms with E-state index in [1.165, 1.54) is 0 Å². The molecule has 234 valence electrons. The van der Waals surface area contributed by atoms with Crippen LogP contribution in [0.2, 0.25) is 0 Å². The summed E-state index contributed by atoms with van der Waals surface area (Å²) in [6.07, 6.45) is 8.03. The molecule has 0 aromatic carbocycles. The molecule has 5 aliphatic rings. The van der Waals surface area contributed by atoms with Crippen LogP contribution in [0.25, 0.3) is 0 Å². The number of halogens is 1. The van der Waals surface area contributed by atoms with Crippen LogP contribution < -0.4 is 22.1 Å². The lowest BCUT2D eigenvalue weighted by Crippen LogP contribution is -2.66. The molecule has 7 unspecified atom stereocenters. The Kier molecular flexibility index (Phi) is 9.60. The van der Waals surface area contributed by atoms with Crippen molar-refractivity contribution >= 4 is 11.8 Å². The van der Waals surface area contributed by atoms with E-state index in [1.54, 1.807) is 6.08 Å². The molecule has 0 aromatic heterocycles. The van der Waals surface area contributed by atoms with Gasteiger partial charge >= 0.3 is 0 Å². The number of nitrogens with zero attached hydrogens (tertiary/aromatic N) is 4. The first kappa shape index (κ1) is 31.3. The Labute approximate surface area is 250 Å². The number of allylic oxidation sites excluding steroid dienone is 1. The fourth-order valence-electron chi connectivity index (χ4n) is 9.00. The highest BCUT2D eigenvalue weighted by Crippen LogP contribution is 2.49. The van der Waals surface area contributed by atoms with Gasteiger partial charge in [-0.15, -0.1) is 0 Å². The fourth-order valence-corrected chi connectivity index (χ4v) is 9.00. The van der Waals surface area contributed by atoms with Gasteiger partial charge in [-0.05, 0) is 57.8 Å². The van der Waals surface area contributed by atoms with E-state index >= 15 is 0 Å². The van der Waals surface area contributed by atoms with Gasteiger partial charge in [0, 0.05) is 43.4 Å². The molecule has 10 nitrogen and oxygen atoms in total. The number of nitriles is 1. The molecule has 6 N–H and O–H groups in total. The number of hydrogen-bond acceptors (Lipinski definition) is 7. The molecular weight excluding hydrogens is 535 g/mol. The zero-order chi connectivity index (χ0) is 30.1. The second-order valence-electron chi connectivity index (χ2n) is 14.1. The molecule has 7 atom stereocenters. The van der Waals surface area contributed by atoms with Gasteiger partial charge in [-0.3, -0.25) is 14.5 Å². The molecule has 42 heavy (non-hydrogen) atoms. The molecule has 11 heteroatoms. The van der Waals surface area contributed by atoms with E-state index in [1.807, 2.05) is 11.0 Å². The molecule has 4 fully saturated rings. The summed E-state index contributed by atoms with van der Waals surface area (Å²) in [6.45, 7) is 7.64. The highest BCUT2D eigenvalue weighted by Gasteiger charge is 2.58. The predicted octanol–water partition coefficient (Wildman–Crippen LogP) is 0.690. The third-order valence-electron chi connectivity index (χ3n) is 11.0. The van der Waals surface area contributed by atoms with Gasteiger partial charge in [-0.2, -0.15) is 5.26 Å². The highest BCUT2D eigenvalue weighted by atomic mass is 19.1. The fraction of sp³-hybridized carbons (Fsp3) is 0.839. The quantitative estimate of drug-likeness (QED) is 0.186. The normalized spacial score (nSPS) is 37.0. The van der Waals surface area contributed by atoms with Crippen LogP contribution in [-0.2, 0) is 9.59 Å². The summed E-state index contributed by atoms with van der Waals surface area (Å²) >= 11 is 0. The molecule has 2 bridgehead atoms. The van der Waals surface area contributed by atoms with E-state index < -0.39 is 18.3 Å². The van der Waals surface area contributed by atoms with Crippen LogP contribution in [-0.4, -0.2) is 116 Å². The number of fused-ring (bicyclic) bond motifs is 2. The van der Waals surface area contributed by atoms with Crippen LogP contribution in [0.4, 0.5) is 4.39 Å². The Hall–Kier alpha value is -2.10. The van der Waals surface area contributed by atoms with Gasteiger partial charge in [0.05, 0.1) is 37.8 Å². The number of carbonyl (C=O) groups excluding carboxylic acids is 2. The first-order chi connectivity index (χ1) is 20.1. The Morgan fingerprint density at radius 1 is 1.26 bits per heavy atom. The molecule has 5 heterocycles. The maximum Gasteiger partial charge on any atom is 0.232 e. The molecule has 5 rings (SSSR count). The summed E-state index contributed by atoms with van der Waals surface area (Å²) in [5, 5.41) is 15.9. The number of amides is 2. The first-order valence-electron chi connectivity index (χ1n) is 16.2. The Bertz CT molecular complexity index is 1050. The zero-order valence-electron chi connectivity index (χ0n) is 25.5. The van der Waals surface area contributed by atoms with Gasteiger partial charge < -0.3 is 31.5 Å². The molecule has 2 amide bonds. The van der Waals surface area contributed by atoms with Crippen molar-refractivity contribution in [3.8, 4) is 6.07 Å². The van der Waals surface area contributed by atoms with Crippen molar-refractivity contribution in [3.05, 3.63) is 12.2 Å². The molecule has 0 saturated carbocycles. The number of quaternary nitrogens is 1. The van der Waals surface area contributed by atoms with Gasteiger partial charge in [0.2, 0.25) is 11.8 Å². The molecule has 0 spiro atoms. The third-order valence-corrected chi connectivity index (χ3v) is 11.0. The van der Waals surface area contributed by atoms with Gasteiger partial charge in [0.15, 0.2) is 6.17 Å². The van der Waals surface area contributed by atoms with Crippen LogP contribution in [0.1, 0.15) is 51.9 Å². The first-order valence-corrected chi connectivity index (χ1v) is 16.2. The van der Waals surface area contributed by atoms with Gasteiger partial charge in [0.1, 0.15) is 18.5 Å². The molecular formula is C31H52FN8O2+. The van der Waals surface area contributed by atoms with Gasteiger partial charge in [0.25, 0.3) is 0 Å². The summed E-state index contributed by atoms with van der Waals surface area (Å²) in [4.78, 5) is 31.3. The number of rotatable bonds is 8. The van der Waals surface area contributed by atoms with Gasteiger partial charge in [-0.1, -0.05) is 19.4 Å². The number of nitrogens with one attached hydrogen (secondary N) is 2. The lowest BCUT2D eigenvalue weighted by atomic mass is 9.76. The van der Waals surface area contributed by atoms with Crippen LogP contribution in [0.3, 0.4) is 0 Å². The number of likely N-dealkylation sites (tertiary alicyclic amines) is 2. The lowest BCUT2D eigenvalue weighted by Gasteiger charge is -2.46. The van der Waals surface area contributed by atoms with Crippen molar-refractivity contribution in [1.29, 1.82) is 5.26 Å². The average molecular weight is 588 g/mol. The minimum absolute atomic E-state index is 0.00734. The monoisotopic (exact) mass is 587 g/mol. The number of piperidine rings is 2. The third kappa shape index (κ3) is 6.39. The van der Waals surface area contributed by atoms with Crippen LogP contribution in [0.5, 0.6) is 0 Å². The summed E-state index contributed by atoms with van der Waals surface area (Å²) in [6, 6.07) is 2.16. The highest BCUT2D eigenvalue weighted by molar-refractivity contribution is 5.81. The van der Waals surface area contributed by atoms with E-state index in [0.717, 1.165) is 71.1 Å². The number of hydrogen-bond donors (Lipinski definition) is 4. The summed E-state index contributed by atoms with van der Waals surface area (Å²) in [7, 11) is 2.09. The Morgan fingerprint density at radius 3 is 2.67 bits per heavy atom. The van der Waals surface area contributed by atoms with E-state index in [0.29, 0.717) is 30.7 Å². The standard InChI is InChI=1S/C31H51FN8O2/c1-3-9-31-10-4-5-23(32)19-40(2,20-31)26(14-31)27(28(34)35)29(41)37-24-16-36-11-6-25(24)38-12-7-22(8-13-38)30(42)39-17-21(15-33)18-39/h4-5,21-28,36H,3,6-14,16-20,34-35H2,1-2H3/p+1. The zero-order valence-corrected chi connectivity index (χ0v) is 25.5. The predicted molar refractivity (Wildman–Crippen MR) is 159 cm³/mol. The van der Waals surface area contributed by atoms with Crippen molar-refractivity contribution < 1.29 is 18.5 Å². The van der Waals surface area contributed by atoms with E-state index in [9.17, 15) is 14.0 Å². The van der Waals surface area contributed by atoms with Crippen LogP contribution in [0.15, 0.2) is 12.2 Å². The summed E-state index contributed by atoms with van der Waals surface area (Å²) in [5.74, 6) is -0.568. The second-order valence-corrected chi connectivity index (χ2v) is 14.1. The second kappa shape index (κ2) is 12.9. The summed E-state index contributed by atoms with van der Waals surface area (Å²) < 4.78 is 15.4. The minimum Gasteiger partial charge on any atom is -0.350 e. The van der Waals surface area contributed by atoms with Crippen molar-refractivity contribution in [2.75, 3.05) is 59.4 Å². The van der Waals surface area contributed by atoms with Crippen molar-refractivity contribution in [3.63, 3.8) is 0 Å². The van der Waals surface area contributed by atoms with E-state index in [4.69, 9.17) is 16.7 Å². The summed E-state index contributed by atoms with van der Waals surface area (Å²) in [5.41, 5.74) is 12.8. The van der Waals surface area contributed by atoms with Gasteiger partial charge in [-0.25, -0.2) is 4.39 Å². The SMILES string of the molecule is CCCC12CC=CC(F)C[N+](C)(C1)C(C(C(=O)NC1CNCCC1N1CCC(C(=O)N3CC(C#N)C3)CC1)C(N)N)C2. The van der Waals surface area contributed by atoms with E-state index in [2.05, 4.69) is 35.6 Å². The lowest BCUT2D eigenvalue weighted by molar-refractivity contribution is -0.928. The van der Waals surface area contributed by atoms with Crippen molar-refractivity contribution in [1.82, 2.24) is 20.4 Å². The van der Waals surface area contributed by atoms with Crippen molar-refractivity contribution in [2.45, 2.75) is 82.3 Å².